The number of hydrogen-bond acceptors (Lipinski definition) is 2. The van der Waals surface area contributed by atoms with Crippen molar-refractivity contribution in [3.05, 3.63) is 44.7 Å². The SMILES string of the molecule is CC(Cc1ccc(F)cc1Cl)[N+](=O)[O-]. The molecule has 1 unspecified atom stereocenters. The number of nitro groups is 1. The Morgan fingerprint density at radius 2 is 2.29 bits per heavy atom. The van der Waals surface area contributed by atoms with Crippen LogP contribution in [0.4, 0.5) is 4.39 Å². The Balaban J connectivity index is 2.82. The first kappa shape index (κ1) is 10.9. The van der Waals surface area contributed by atoms with Crippen molar-refractivity contribution < 1.29 is 9.31 Å². The first-order valence-corrected chi connectivity index (χ1v) is 4.46. The molecule has 0 spiro atoms. The Labute approximate surface area is 85.6 Å². The molecule has 0 bridgehead atoms. The lowest BCUT2D eigenvalue weighted by Crippen LogP contribution is -2.17. The van der Waals surface area contributed by atoms with Crippen molar-refractivity contribution in [3.63, 3.8) is 0 Å². The molecule has 0 fully saturated rings. The van der Waals surface area contributed by atoms with Gasteiger partial charge in [-0.25, -0.2) is 4.39 Å². The zero-order chi connectivity index (χ0) is 10.7. The van der Waals surface area contributed by atoms with Crippen molar-refractivity contribution >= 4 is 11.6 Å². The Kier molecular flexibility index (Phi) is 3.41. The van der Waals surface area contributed by atoms with Crippen LogP contribution in [0.15, 0.2) is 18.2 Å². The lowest BCUT2D eigenvalue weighted by atomic mass is 10.1. The molecule has 0 saturated carbocycles. The Hall–Kier alpha value is -1.16. The van der Waals surface area contributed by atoms with Crippen molar-refractivity contribution in [2.75, 3.05) is 0 Å². The molecule has 1 rings (SSSR count). The minimum absolute atomic E-state index is 0.214. The average molecular weight is 218 g/mol. The highest BCUT2D eigenvalue weighted by atomic mass is 35.5. The van der Waals surface area contributed by atoms with E-state index < -0.39 is 11.9 Å². The van der Waals surface area contributed by atoms with Gasteiger partial charge in [0.1, 0.15) is 5.82 Å². The lowest BCUT2D eigenvalue weighted by molar-refractivity contribution is -0.517. The van der Waals surface area contributed by atoms with Gasteiger partial charge in [0.2, 0.25) is 6.04 Å². The van der Waals surface area contributed by atoms with Crippen LogP contribution < -0.4 is 0 Å². The van der Waals surface area contributed by atoms with Crippen LogP contribution in [0.3, 0.4) is 0 Å². The van der Waals surface area contributed by atoms with Gasteiger partial charge in [-0.1, -0.05) is 17.7 Å². The fourth-order valence-electron chi connectivity index (χ4n) is 1.08. The van der Waals surface area contributed by atoms with E-state index in [4.69, 9.17) is 11.6 Å². The van der Waals surface area contributed by atoms with Gasteiger partial charge < -0.3 is 0 Å². The summed E-state index contributed by atoms with van der Waals surface area (Å²) in [4.78, 5) is 9.98. The van der Waals surface area contributed by atoms with E-state index in [2.05, 4.69) is 0 Å². The molecule has 0 heterocycles. The first-order valence-electron chi connectivity index (χ1n) is 4.08. The molecule has 1 aromatic rings. The molecule has 5 heteroatoms. The third-order valence-corrected chi connectivity index (χ3v) is 2.24. The zero-order valence-corrected chi connectivity index (χ0v) is 8.29. The summed E-state index contributed by atoms with van der Waals surface area (Å²) in [6.07, 6.45) is 0.214. The number of rotatable bonds is 3. The van der Waals surface area contributed by atoms with Crippen LogP contribution in [-0.4, -0.2) is 11.0 Å². The Morgan fingerprint density at radius 1 is 1.64 bits per heavy atom. The van der Waals surface area contributed by atoms with Gasteiger partial charge in [0, 0.05) is 23.3 Å². The summed E-state index contributed by atoms with van der Waals surface area (Å²) in [5, 5.41) is 10.6. The summed E-state index contributed by atoms with van der Waals surface area (Å²) in [5.74, 6) is -0.437. The average Bonchev–Trinajstić information content (AvgIpc) is 2.09. The molecule has 0 aromatic heterocycles. The number of nitrogens with zero attached hydrogens (tertiary/aromatic N) is 1. The summed E-state index contributed by atoms with van der Waals surface area (Å²) >= 11 is 5.72. The Morgan fingerprint density at radius 3 is 2.79 bits per heavy atom. The van der Waals surface area contributed by atoms with Crippen molar-refractivity contribution in [1.29, 1.82) is 0 Å². The van der Waals surface area contributed by atoms with E-state index in [1.54, 1.807) is 0 Å². The fraction of sp³-hybridized carbons (Fsp3) is 0.333. The standard InChI is InChI=1S/C9H9ClFNO2/c1-6(12(13)14)4-7-2-3-8(11)5-9(7)10/h2-3,5-6H,4H2,1H3. The van der Waals surface area contributed by atoms with Gasteiger partial charge >= 0.3 is 0 Å². The topological polar surface area (TPSA) is 43.1 Å². The zero-order valence-electron chi connectivity index (χ0n) is 7.54. The molecule has 76 valence electrons. The molecule has 0 aliphatic carbocycles. The second-order valence-corrected chi connectivity index (χ2v) is 3.48. The van der Waals surface area contributed by atoms with Gasteiger partial charge in [-0.2, -0.15) is 0 Å². The summed E-state index contributed by atoms with van der Waals surface area (Å²) in [5.41, 5.74) is 0.595. The minimum atomic E-state index is -0.710. The third kappa shape index (κ3) is 2.67. The van der Waals surface area contributed by atoms with E-state index in [-0.39, 0.29) is 16.4 Å². The van der Waals surface area contributed by atoms with Crippen LogP contribution in [-0.2, 0) is 6.42 Å². The first-order chi connectivity index (χ1) is 6.50. The van der Waals surface area contributed by atoms with E-state index in [9.17, 15) is 14.5 Å². The molecular formula is C9H9ClFNO2. The van der Waals surface area contributed by atoms with Crippen LogP contribution in [0, 0.1) is 15.9 Å². The monoisotopic (exact) mass is 217 g/mol. The Bertz CT molecular complexity index is 357. The van der Waals surface area contributed by atoms with Crippen LogP contribution in [0.5, 0.6) is 0 Å². The van der Waals surface area contributed by atoms with Crippen LogP contribution in [0.1, 0.15) is 12.5 Å². The van der Waals surface area contributed by atoms with Gasteiger partial charge in [0.25, 0.3) is 0 Å². The van der Waals surface area contributed by atoms with E-state index in [0.717, 1.165) is 6.07 Å². The molecular weight excluding hydrogens is 209 g/mol. The maximum atomic E-state index is 12.6. The van der Waals surface area contributed by atoms with Crippen molar-refractivity contribution in [3.8, 4) is 0 Å². The summed E-state index contributed by atoms with van der Waals surface area (Å²) in [7, 11) is 0. The van der Waals surface area contributed by atoms with Gasteiger partial charge in [-0.05, 0) is 17.7 Å². The van der Waals surface area contributed by atoms with Crippen molar-refractivity contribution in [2.45, 2.75) is 19.4 Å². The molecule has 0 aliphatic rings. The van der Waals surface area contributed by atoms with Crippen LogP contribution in [0.2, 0.25) is 5.02 Å². The van der Waals surface area contributed by atoms with Crippen LogP contribution in [0.25, 0.3) is 0 Å². The molecule has 0 radical (unpaired) electrons. The predicted molar refractivity (Wildman–Crippen MR) is 51.6 cm³/mol. The van der Waals surface area contributed by atoms with Gasteiger partial charge in [-0.3, -0.25) is 10.1 Å². The second-order valence-electron chi connectivity index (χ2n) is 3.07. The lowest BCUT2D eigenvalue weighted by Gasteiger charge is -2.05. The molecule has 3 nitrogen and oxygen atoms in total. The summed E-state index contributed by atoms with van der Waals surface area (Å²) in [6, 6.07) is 3.16. The maximum Gasteiger partial charge on any atom is 0.214 e. The normalized spacial score (nSPS) is 12.5. The summed E-state index contributed by atoms with van der Waals surface area (Å²) < 4.78 is 12.6. The molecule has 1 aromatic carbocycles. The van der Waals surface area contributed by atoms with Gasteiger partial charge in [0.15, 0.2) is 0 Å². The van der Waals surface area contributed by atoms with E-state index in [1.807, 2.05) is 0 Å². The minimum Gasteiger partial charge on any atom is -0.264 e. The van der Waals surface area contributed by atoms with Gasteiger partial charge in [-0.15, -0.1) is 0 Å². The van der Waals surface area contributed by atoms with E-state index >= 15 is 0 Å². The quantitative estimate of drug-likeness (QED) is 0.577. The second kappa shape index (κ2) is 4.37. The number of benzene rings is 1. The molecule has 0 N–H and O–H groups in total. The third-order valence-electron chi connectivity index (χ3n) is 1.89. The molecule has 0 saturated heterocycles. The van der Waals surface area contributed by atoms with Crippen molar-refractivity contribution in [2.24, 2.45) is 0 Å². The predicted octanol–water partition coefficient (Wildman–Crippen LogP) is 2.69. The molecule has 0 amide bonds. The highest BCUT2D eigenvalue weighted by Gasteiger charge is 2.15. The van der Waals surface area contributed by atoms with E-state index in [1.165, 1.54) is 19.1 Å². The largest absolute Gasteiger partial charge is 0.264 e. The number of hydrogen-bond donors (Lipinski definition) is 0. The highest BCUT2D eigenvalue weighted by molar-refractivity contribution is 6.31. The highest BCUT2D eigenvalue weighted by Crippen LogP contribution is 2.19. The van der Waals surface area contributed by atoms with Gasteiger partial charge in [0.05, 0.1) is 0 Å². The summed E-state index contributed by atoms with van der Waals surface area (Å²) in [6.45, 7) is 1.49. The van der Waals surface area contributed by atoms with Crippen LogP contribution >= 0.6 is 11.6 Å². The molecule has 14 heavy (non-hydrogen) atoms. The van der Waals surface area contributed by atoms with Crippen molar-refractivity contribution in [1.82, 2.24) is 0 Å². The molecule has 0 aliphatic heterocycles. The smallest absolute Gasteiger partial charge is 0.214 e. The number of halogens is 2. The fourth-order valence-corrected chi connectivity index (χ4v) is 1.32. The maximum absolute atomic E-state index is 12.6. The van der Waals surface area contributed by atoms with E-state index in [0.29, 0.717) is 5.56 Å². The molecule has 1 atom stereocenters.